The SMILES string of the molecule is CC(COc1ccccc1)NC(=O)c1cccc(S(=O)(=O)N(C)c2ccccc2F)c1. The minimum atomic E-state index is -4.06. The van der Waals surface area contributed by atoms with Crippen molar-refractivity contribution in [1.29, 1.82) is 0 Å². The normalized spacial score (nSPS) is 12.1. The van der Waals surface area contributed by atoms with Gasteiger partial charge >= 0.3 is 0 Å². The van der Waals surface area contributed by atoms with E-state index in [1.54, 1.807) is 13.0 Å². The molecule has 1 atom stereocenters. The molecule has 31 heavy (non-hydrogen) atoms. The van der Waals surface area contributed by atoms with Crippen molar-refractivity contribution >= 4 is 21.6 Å². The maximum atomic E-state index is 14.1. The van der Waals surface area contributed by atoms with Gasteiger partial charge in [0, 0.05) is 12.6 Å². The Balaban J connectivity index is 1.71. The highest BCUT2D eigenvalue weighted by Crippen LogP contribution is 2.25. The first-order valence-corrected chi connectivity index (χ1v) is 11.1. The maximum Gasteiger partial charge on any atom is 0.264 e. The standard InChI is InChI=1S/C23H23FN2O4S/c1-17(16-30-19-10-4-3-5-11-19)25-23(27)18-9-8-12-20(15-18)31(28,29)26(2)22-14-7-6-13-21(22)24/h3-15,17H,16H2,1-2H3,(H,25,27). The van der Waals surface area contributed by atoms with Gasteiger partial charge in [-0.05, 0) is 49.4 Å². The lowest BCUT2D eigenvalue weighted by atomic mass is 10.2. The first-order valence-electron chi connectivity index (χ1n) is 9.61. The molecule has 1 amide bonds. The average molecular weight is 443 g/mol. The molecule has 1 unspecified atom stereocenters. The highest BCUT2D eigenvalue weighted by Gasteiger charge is 2.24. The smallest absolute Gasteiger partial charge is 0.264 e. The van der Waals surface area contributed by atoms with Crippen LogP contribution in [0.3, 0.4) is 0 Å². The molecule has 8 heteroatoms. The fourth-order valence-corrected chi connectivity index (χ4v) is 4.13. The van der Waals surface area contributed by atoms with Gasteiger partial charge < -0.3 is 10.1 Å². The fraction of sp³-hybridized carbons (Fsp3) is 0.174. The highest BCUT2D eigenvalue weighted by atomic mass is 32.2. The molecule has 0 aromatic heterocycles. The predicted octanol–water partition coefficient (Wildman–Crippen LogP) is 3.85. The molecule has 0 aliphatic rings. The second-order valence-electron chi connectivity index (χ2n) is 6.95. The van der Waals surface area contributed by atoms with Crippen LogP contribution in [-0.2, 0) is 10.0 Å². The summed E-state index contributed by atoms with van der Waals surface area (Å²) in [6.45, 7) is 2.04. The summed E-state index contributed by atoms with van der Waals surface area (Å²) in [5, 5.41) is 2.78. The molecule has 3 rings (SSSR count). The monoisotopic (exact) mass is 442 g/mol. The summed E-state index contributed by atoms with van der Waals surface area (Å²) < 4.78 is 46.4. The Morgan fingerprint density at radius 3 is 2.42 bits per heavy atom. The number of rotatable bonds is 8. The predicted molar refractivity (Wildman–Crippen MR) is 117 cm³/mol. The van der Waals surface area contributed by atoms with Crippen LogP contribution in [0.15, 0.2) is 83.8 Å². The fourth-order valence-electron chi connectivity index (χ4n) is 2.88. The minimum Gasteiger partial charge on any atom is -0.491 e. The molecule has 3 aromatic carbocycles. The van der Waals surface area contributed by atoms with E-state index in [4.69, 9.17) is 4.74 Å². The molecule has 0 fully saturated rings. The Bertz CT molecular complexity index is 1150. The molecule has 1 N–H and O–H groups in total. The van der Waals surface area contributed by atoms with E-state index in [1.165, 1.54) is 49.5 Å². The van der Waals surface area contributed by atoms with Crippen LogP contribution in [-0.4, -0.2) is 34.0 Å². The van der Waals surface area contributed by atoms with E-state index in [1.807, 2.05) is 30.3 Å². The van der Waals surface area contributed by atoms with Gasteiger partial charge in [-0.15, -0.1) is 0 Å². The quantitative estimate of drug-likeness (QED) is 0.575. The molecular weight excluding hydrogens is 419 g/mol. The third kappa shape index (κ3) is 5.40. The number of nitrogens with zero attached hydrogens (tertiary/aromatic N) is 1. The summed E-state index contributed by atoms with van der Waals surface area (Å²) in [5.74, 6) is -0.405. The van der Waals surface area contributed by atoms with E-state index in [0.717, 1.165) is 4.31 Å². The molecule has 0 aliphatic heterocycles. The Morgan fingerprint density at radius 2 is 1.71 bits per heavy atom. The lowest BCUT2D eigenvalue weighted by Crippen LogP contribution is -2.37. The van der Waals surface area contributed by atoms with Gasteiger partial charge in [-0.3, -0.25) is 9.10 Å². The van der Waals surface area contributed by atoms with Gasteiger partial charge in [0.1, 0.15) is 18.2 Å². The lowest BCUT2D eigenvalue weighted by Gasteiger charge is -2.20. The van der Waals surface area contributed by atoms with E-state index >= 15 is 0 Å². The largest absolute Gasteiger partial charge is 0.491 e. The zero-order valence-electron chi connectivity index (χ0n) is 17.2. The van der Waals surface area contributed by atoms with Crippen molar-refractivity contribution in [3.63, 3.8) is 0 Å². The maximum absolute atomic E-state index is 14.1. The molecular formula is C23H23FN2O4S. The second-order valence-corrected chi connectivity index (χ2v) is 8.92. The van der Waals surface area contributed by atoms with E-state index in [2.05, 4.69) is 5.32 Å². The topological polar surface area (TPSA) is 75.7 Å². The number of carbonyl (C=O) groups excluding carboxylic acids is 1. The number of hydrogen-bond acceptors (Lipinski definition) is 4. The van der Waals surface area contributed by atoms with Crippen LogP contribution in [0.2, 0.25) is 0 Å². The van der Waals surface area contributed by atoms with Crippen LogP contribution in [0.4, 0.5) is 10.1 Å². The number of carbonyl (C=O) groups is 1. The van der Waals surface area contributed by atoms with E-state index < -0.39 is 21.7 Å². The highest BCUT2D eigenvalue weighted by molar-refractivity contribution is 7.92. The average Bonchev–Trinajstić information content (AvgIpc) is 2.78. The Labute approximate surface area is 181 Å². The molecule has 0 aliphatic carbocycles. The molecule has 6 nitrogen and oxygen atoms in total. The first kappa shape index (κ1) is 22.3. The summed E-state index contributed by atoms with van der Waals surface area (Å²) >= 11 is 0. The molecule has 0 heterocycles. The Morgan fingerprint density at radius 1 is 1.03 bits per heavy atom. The van der Waals surface area contributed by atoms with Crippen LogP contribution in [0.5, 0.6) is 5.75 Å². The Kier molecular flexibility index (Phi) is 6.91. The zero-order chi connectivity index (χ0) is 22.4. The van der Waals surface area contributed by atoms with Crippen molar-refractivity contribution in [3.05, 3.63) is 90.2 Å². The van der Waals surface area contributed by atoms with Gasteiger partial charge in [0.2, 0.25) is 0 Å². The van der Waals surface area contributed by atoms with Crippen LogP contribution in [0, 0.1) is 5.82 Å². The third-order valence-electron chi connectivity index (χ3n) is 4.57. The van der Waals surface area contributed by atoms with Crippen LogP contribution >= 0.6 is 0 Å². The number of benzene rings is 3. The number of nitrogens with one attached hydrogen (secondary N) is 1. The summed E-state index contributed by atoms with van der Waals surface area (Å²) in [7, 11) is -2.79. The van der Waals surface area contributed by atoms with Crippen molar-refractivity contribution in [2.75, 3.05) is 18.0 Å². The lowest BCUT2D eigenvalue weighted by molar-refractivity contribution is 0.0926. The van der Waals surface area contributed by atoms with Gasteiger partial charge in [0.15, 0.2) is 0 Å². The van der Waals surface area contributed by atoms with Crippen LogP contribution < -0.4 is 14.4 Å². The number of ether oxygens (including phenoxy) is 1. The summed E-state index contributed by atoms with van der Waals surface area (Å²) in [5.41, 5.74) is 0.0959. The van der Waals surface area contributed by atoms with Crippen molar-refractivity contribution in [2.24, 2.45) is 0 Å². The van der Waals surface area contributed by atoms with Gasteiger partial charge in [-0.1, -0.05) is 36.4 Å². The molecule has 0 saturated heterocycles. The van der Waals surface area contributed by atoms with Gasteiger partial charge in [-0.25, -0.2) is 12.8 Å². The van der Waals surface area contributed by atoms with Gasteiger partial charge in [-0.2, -0.15) is 0 Å². The van der Waals surface area contributed by atoms with Gasteiger partial charge in [0.25, 0.3) is 15.9 Å². The molecule has 3 aromatic rings. The first-order chi connectivity index (χ1) is 14.8. The van der Waals surface area contributed by atoms with Gasteiger partial charge in [0.05, 0.1) is 16.6 Å². The number of halogens is 1. The minimum absolute atomic E-state index is 0.0796. The number of hydrogen-bond donors (Lipinski definition) is 1. The molecule has 0 bridgehead atoms. The van der Waals surface area contributed by atoms with Crippen molar-refractivity contribution < 1.29 is 22.3 Å². The second kappa shape index (κ2) is 9.61. The molecule has 0 spiro atoms. The van der Waals surface area contributed by atoms with Crippen molar-refractivity contribution in [3.8, 4) is 5.75 Å². The molecule has 0 saturated carbocycles. The zero-order valence-corrected chi connectivity index (χ0v) is 18.0. The Hall–Kier alpha value is -3.39. The van der Waals surface area contributed by atoms with Crippen molar-refractivity contribution in [1.82, 2.24) is 5.32 Å². The third-order valence-corrected chi connectivity index (χ3v) is 6.33. The number of sulfonamides is 1. The number of para-hydroxylation sites is 2. The summed E-state index contributed by atoms with van der Waals surface area (Å²) in [6, 6.07) is 20.1. The van der Waals surface area contributed by atoms with E-state index in [0.29, 0.717) is 5.75 Å². The summed E-state index contributed by atoms with van der Waals surface area (Å²) in [6.07, 6.45) is 0. The summed E-state index contributed by atoms with van der Waals surface area (Å²) in [4.78, 5) is 12.5. The molecule has 0 radical (unpaired) electrons. The number of anilines is 1. The van der Waals surface area contributed by atoms with E-state index in [9.17, 15) is 17.6 Å². The van der Waals surface area contributed by atoms with Crippen LogP contribution in [0.25, 0.3) is 0 Å². The van der Waals surface area contributed by atoms with Crippen molar-refractivity contribution in [2.45, 2.75) is 17.9 Å². The van der Waals surface area contributed by atoms with E-state index in [-0.39, 0.29) is 28.8 Å². The van der Waals surface area contributed by atoms with Crippen LogP contribution in [0.1, 0.15) is 17.3 Å². The number of amides is 1. The molecule has 162 valence electrons.